The van der Waals surface area contributed by atoms with E-state index in [9.17, 15) is 10.1 Å². The molecule has 0 radical (unpaired) electrons. The van der Waals surface area contributed by atoms with Crippen molar-refractivity contribution in [3.63, 3.8) is 0 Å². The Morgan fingerprint density at radius 3 is 2.75 bits per heavy atom. The van der Waals surface area contributed by atoms with Crippen LogP contribution in [0.2, 0.25) is 0 Å². The lowest BCUT2D eigenvalue weighted by Crippen LogP contribution is -2.16. The average molecular weight is 277 g/mol. The highest BCUT2D eigenvalue weighted by Gasteiger charge is 2.19. The topological polar surface area (TPSA) is 68.1 Å². The van der Waals surface area contributed by atoms with Gasteiger partial charge in [0.1, 0.15) is 0 Å². The number of hydrogen-bond donors (Lipinski definition) is 1. The Labute approximate surface area is 119 Å². The number of hydrogen-bond acceptors (Lipinski definition) is 4. The molecular formula is C15H23N3O2. The number of rotatable bonds is 5. The highest BCUT2D eigenvalue weighted by molar-refractivity contribution is 5.56. The summed E-state index contributed by atoms with van der Waals surface area (Å²) in [5, 5.41) is 14.1. The Balaban J connectivity index is 1.86. The molecule has 0 atom stereocenters. The Bertz CT molecular complexity index is 468. The zero-order valence-electron chi connectivity index (χ0n) is 12.3. The second-order valence-corrected chi connectivity index (χ2v) is 5.98. The van der Waals surface area contributed by atoms with Crippen molar-refractivity contribution in [3.8, 4) is 0 Å². The van der Waals surface area contributed by atoms with Gasteiger partial charge in [0.15, 0.2) is 0 Å². The molecule has 0 unspecified atom stereocenters. The van der Waals surface area contributed by atoms with Gasteiger partial charge in [-0.3, -0.25) is 10.1 Å². The van der Waals surface area contributed by atoms with Gasteiger partial charge in [-0.1, -0.05) is 32.6 Å². The number of nitrogens with zero attached hydrogens (tertiary/aromatic N) is 2. The van der Waals surface area contributed by atoms with Crippen molar-refractivity contribution in [2.75, 3.05) is 11.9 Å². The van der Waals surface area contributed by atoms with Crippen LogP contribution in [0.1, 0.15) is 44.6 Å². The molecule has 110 valence electrons. The molecule has 0 aliphatic heterocycles. The molecule has 20 heavy (non-hydrogen) atoms. The van der Waals surface area contributed by atoms with E-state index in [4.69, 9.17) is 0 Å². The SMILES string of the molecule is Cc1cnc(NCCC2CCC(C)CC2)c([N+](=O)[O-])c1. The first-order chi connectivity index (χ1) is 9.56. The summed E-state index contributed by atoms with van der Waals surface area (Å²) >= 11 is 0. The van der Waals surface area contributed by atoms with Gasteiger partial charge in [-0.15, -0.1) is 0 Å². The predicted molar refractivity (Wildman–Crippen MR) is 79.9 cm³/mol. The number of nitro groups is 1. The van der Waals surface area contributed by atoms with Crippen molar-refractivity contribution >= 4 is 11.5 Å². The van der Waals surface area contributed by atoms with Gasteiger partial charge in [0, 0.05) is 18.8 Å². The molecule has 0 spiro atoms. The second kappa shape index (κ2) is 6.68. The molecule has 1 fully saturated rings. The molecule has 0 amide bonds. The Kier molecular flexibility index (Phi) is 4.93. The summed E-state index contributed by atoms with van der Waals surface area (Å²) < 4.78 is 0. The zero-order chi connectivity index (χ0) is 14.5. The van der Waals surface area contributed by atoms with Crippen LogP contribution >= 0.6 is 0 Å². The van der Waals surface area contributed by atoms with Crippen LogP contribution < -0.4 is 5.32 Å². The highest BCUT2D eigenvalue weighted by Crippen LogP contribution is 2.30. The Morgan fingerprint density at radius 1 is 1.40 bits per heavy atom. The summed E-state index contributed by atoms with van der Waals surface area (Å²) in [7, 11) is 0. The lowest BCUT2D eigenvalue weighted by molar-refractivity contribution is -0.384. The summed E-state index contributed by atoms with van der Waals surface area (Å²) in [6.07, 6.45) is 7.93. The number of aryl methyl sites for hydroxylation is 1. The van der Waals surface area contributed by atoms with Crippen LogP contribution in [-0.4, -0.2) is 16.5 Å². The number of nitrogens with one attached hydrogen (secondary N) is 1. The van der Waals surface area contributed by atoms with Crippen molar-refractivity contribution in [1.82, 2.24) is 4.98 Å². The third-order valence-electron chi connectivity index (χ3n) is 4.18. The van der Waals surface area contributed by atoms with Crippen LogP contribution in [0.4, 0.5) is 11.5 Å². The van der Waals surface area contributed by atoms with Crippen LogP contribution in [0.25, 0.3) is 0 Å². The minimum absolute atomic E-state index is 0.0715. The maximum atomic E-state index is 11.0. The first-order valence-corrected chi connectivity index (χ1v) is 7.41. The van der Waals surface area contributed by atoms with Gasteiger partial charge < -0.3 is 5.32 Å². The van der Waals surface area contributed by atoms with E-state index in [0.29, 0.717) is 5.82 Å². The van der Waals surface area contributed by atoms with Crippen LogP contribution in [0, 0.1) is 28.9 Å². The first-order valence-electron chi connectivity index (χ1n) is 7.41. The van der Waals surface area contributed by atoms with Gasteiger partial charge in [-0.05, 0) is 30.7 Å². The molecule has 1 aromatic rings. The molecule has 0 bridgehead atoms. The van der Waals surface area contributed by atoms with Gasteiger partial charge >= 0.3 is 5.69 Å². The largest absolute Gasteiger partial charge is 0.364 e. The molecule has 1 aliphatic rings. The van der Waals surface area contributed by atoms with E-state index >= 15 is 0 Å². The Morgan fingerprint density at radius 2 is 2.10 bits per heavy atom. The molecule has 5 nitrogen and oxygen atoms in total. The van der Waals surface area contributed by atoms with Gasteiger partial charge in [0.25, 0.3) is 0 Å². The smallest absolute Gasteiger partial charge is 0.311 e. The van der Waals surface area contributed by atoms with Crippen molar-refractivity contribution in [2.45, 2.75) is 46.0 Å². The summed E-state index contributed by atoms with van der Waals surface area (Å²) in [4.78, 5) is 14.8. The van der Waals surface area contributed by atoms with Crippen LogP contribution in [0.5, 0.6) is 0 Å². The maximum absolute atomic E-state index is 11.0. The van der Waals surface area contributed by atoms with E-state index < -0.39 is 0 Å². The maximum Gasteiger partial charge on any atom is 0.311 e. The normalized spacial score (nSPS) is 22.5. The van der Waals surface area contributed by atoms with Crippen molar-refractivity contribution in [2.24, 2.45) is 11.8 Å². The van der Waals surface area contributed by atoms with Gasteiger partial charge in [0.05, 0.1) is 4.92 Å². The third-order valence-corrected chi connectivity index (χ3v) is 4.18. The molecule has 0 aromatic carbocycles. The fourth-order valence-corrected chi connectivity index (χ4v) is 2.84. The third kappa shape index (κ3) is 3.92. The predicted octanol–water partition coefficient (Wildman–Crippen LogP) is 3.93. The molecule has 1 N–H and O–H groups in total. The number of anilines is 1. The van der Waals surface area contributed by atoms with E-state index in [-0.39, 0.29) is 10.6 Å². The van der Waals surface area contributed by atoms with E-state index in [2.05, 4.69) is 17.2 Å². The average Bonchev–Trinajstić information content (AvgIpc) is 2.42. The lowest BCUT2D eigenvalue weighted by atomic mass is 9.81. The Hall–Kier alpha value is -1.65. The van der Waals surface area contributed by atoms with E-state index in [0.717, 1.165) is 30.4 Å². The highest BCUT2D eigenvalue weighted by atomic mass is 16.6. The summed E-state index contributed by atoms with van der Waals surface area (Å²) in [5.41, 5.74) is 0.880. The second-order valence-electron chi connectivity index (χ2n) is 5.98. The lowest BCUT2D eigenvalue weighted by Gasteiger charge is -2.26. The standard InChI is InChI=1S/C15H23N3O2/c1-11-3-5-13(6-4-11)7-8-16-15-14(18(19)20)9-12(2)10-17-15/h9-11,13H,3-8H2,1-2H3,(H,16,17). The van der Waals surface area contributed by atoms with E-state index in [1.54, 1.807) is 12.3 Å². The van der Waals surface area contributed by atoms with Gasteiger partial charge in [0.2, 0.25) is 5.82 Å². The van der Waals surface area contributed by atoms with E-state index in [1.165, 1.54) is 25.7 Å². The quantitative estimate of drug-likeness (QED) is 0.654. The summed E-state index contributed by atoms with van der Waals surface area (Å²) in [5.74, 6) is 2.01. The molecule has 2 rings (SSSR count). The number of pyridine rings is 1. The number of aromatic nitrogens is 1. The van der Waals surface area contributed by atoms with Crippen molar-refractivity contribution in [3.05, 3.63) is 27.9 Å². The van der Waals surface area contributed by atoms with Crippen molar-refractivity contribution < 1.29 is 4.92 Å². The minimum Gasteiger partial charge on any atom is -0.364 e. The van der Waals surface area contributed by atoms with E-state index in [1.807, 2.05) is 6.92 Å². The monoisotopic (exact) mass is 277 g/mol. The molecule has 1 aromatic heterocycles. The molecule has 0 saturated heterocycles. The van der Waals surface area contributed by atoms with Crippen molar-refractivity contribution in [1.29, 1.82) is 0 Å². The van der Waals surface area contributed by atoms with Crippen LogP contribution in [-0.2, 0) is 0 Å². The molecule has 1 heterocycles. The fraction of sp³-hybridized carbons (Fsp3) is 0.667. The molecule has 1 saturated carbocycles. The summed E-state index contributed by atoms with van der Waals surface area (Å²) in [6.45, 7) is 4.89. The fourth-order valence-electron chi connectivity index (χ4n) is 2.84. The minimum atomic E-state index is -0.370. The molecule has 5 heteroatoms. The van der Waals surface area contributed by atoms with Crippen LogP contribution in [0.15, 0.2) is 12.3 Å². The summed E-state index contributed by atoms with van der Waals surface area (Å²) in [6, 6.07) is 1.57. The molecular weight excluding hydrogens is 254 g/mol. The van der Waals surface area contributed by atoms with Crippen LogP contribution in [0.3, 0.4) is 0 Å². The first kappa shape index (κ1) is 14.8. The zero-order valence-corrected chi connectivity index (χ0v) is 12.3. The molecule has 1 aliphatic carbocycles. The van der Waals surface area contributed by atoms with Gasteiger partial charge in [-0.25, -0.2) is 4.98 Å². The van der Waals surface area contributed by atoms with Gasteiger partial charge in [-0.2, -0.15) is 0 Å².